The van der Waals surface area contributed by atoms with Gasteiger partial charge >= 0.3 is 0 Å². The number of aromatic nitrogens is 1. The first-order valence-corrected chi connectivity index (χ1v) is 9.07. The summed E-state index contributed by atoms with van der Waals surface area (Å²) in [5, 5.41) is 25.6. The van der Waals surface area contributed by atoms with Gasteiger partial charge in [0.2, 0.25) is 0 Å². The summed E-state index contributed by atoms with van der Waals surface area (Å²) in [5.41, 5.74) is 2.79. The zero-order valence-corrected chi connectivity index (χ0v) is 14.9. The van der Waals surface area contributed by atoms with Crippen LogP contribution in [0.15, 0.2) is 41.6 Å². The quantitative estimate of drug-likeness (QED) is 0.804. The molecule has 1 aliphatic carbocycles. The molecule has 0 radical (unpaired) electrons. The minimum atomic E-state index is -1.54. The van der Waals surface area contributed by atoms with Crippen LogP contribution in [0.5, 0.6) is 0 Å². The van der Waals surface area contributed by atoms with E-state index in [0.717, 1.165) is 24.3 Å². The van der Waals surface area contributed by atoms with Gasteiger partial charge in [-0.2, -0.15) is 5.10 Å². The smallest absolute Gasteiger partial charge is 0.178 e. The average Bonchev–Trinajstić information content (AvgIpc) is 3.10. The lowest BCUT2D eigenvalue weighted by atomic mass is 9.89. The zero-order chi connectivity index (χ0) is 18.1. The van der Waals surface area contributed by atoms with Gasteiger partial charge in [0.05, 0.1) is 6.10 Å². The Bertz CT molecular complexity index is 827. The molecule has 0 bridgehead atoms. The molecular formula is C19H20ClN3O3. The second-order valence-corrected chi connectivity index (χ2v) is 6.95. The third-order valence-electron chi connectivity index (χ3n) is 4.77. The standard InChI is InChI=1S/C19H20ClN3O3/c20-14-4-5-15-12(10-14)2-1-3-16(15)26-18-7-9-22-23(18)17-11-13(19(24)25)6-8-21-17/h4-6,8-11,16,18-19,24-25H,1-3,7H2. The number of halogens is 1. The number of aryl methyl sites for hydroxylation is 1. The van der Waals surface area contributed by atoms with Crippen molar-refractivity contribution in [2.75, 3.05) is 5.01 Å². The SMILES string of the molecule is OC(O)c1ccnc(N2N=CCC2OC2CCCc3cc(Cl)ccc32)c1. The number of hydrogen-bond acceptors (Lipinski definition) is 6. The summed E-state index contributed by atoms with van der Waals surface area (Å²) in [5.74, 6) is 0.529. The molecule has 0 spiro atoms. The van der Waals surface area contributed by atoms with Crippen molar-refractivity contribution in [3.63, 3.8) is 0 Å². The maximum absolute atomic E-state index is 9.38. The van der Waals surface area contributed by atoms with Crippen LogP contribution in [0.1, 0.15) is 48.3 Å². The highest BCUT2D eigenvalue weighted by Crippen LogP contribution is 2.36. The Morgan fingerprint density at radius 2 is 2.12 bits per heavy atom. The fourth-order valence-corrected chi connectivity index (χ4v) is 3.70. The van der Waals surface area contributed by atoms with E-state index in [2.05, 4.69) is 10.1 Å². The molecule has 2 atom stereocenters. The summed E-state index contributed by atoms with van der Waals surface area (Å²) in [7, 11) is 0. The monoisotopic (exact) mass is 373 g/mol. The fourth-order valence-electron chi connectivity index (χ4n) is 3.51. The van der Waals surface area contributed by atoms with Gasteiger partial charge in [0.15, 0.2) is 18.3 Å². The van der Waals surface area contributed by atoms with E-state index in [1.54, 1.807) is 23.4 Å². The molecule has 2 aromatic rings. The lowest BCUT2D eigenvalue weighted by Gasteiger charge is -2.31. The molecule has 6 nitrogen and oxygen atoms in total. The molecule has 7 heteroatoms. The van der Waals surface area contributed by atoms with Gasteiger partial charge in [0.25, 0.3) is 0 Å². The molecule has 1 aromatic carbocycles. The number of hydrazone groups is 1. The van der Waals surface area contributed by atoms with Crippen LogP contribution in [0.25, 0.3) is 0 Å². The number of aliphatic hydroxyl groups excluding tert-OH is 1. The minimum absolute atomic E-state index is 0.0168. The lowest BCUT2D eigenvalue weighted by Crippen LogP contribution is -2.32. The molecule has 2 aliphatic rings. The Labute approximate surface area is 156 Å². The molecule has 1 aliphatic heterocycles. The molecule has 0 saturated carbocycles. The largest absolute Gasteiger partial charge is 0.364 e. The topological polar surface area (TPSA) is 78.2 Å². The first kappa shape index (κ1) is 17.4. The van der Waals surface area contributed by atoms with E-state index < -0.39 is 6.29 Å². The van der Waals surface area contributed by atoms with Crippen molar-refractivity contribution in [2.24, 2.45) is 5.10 Å². The Kier molecular flexibility index (Phi) is 4.91. The minimum Gasteiger partial charge on any atom is -0.364 e. The van der Waals surface area contributed by atoms with Gasteiger partial charge in [-0.15, -0.1) is 0 Å². The molecule has 2 unspecified atom stereocenters. The van der Waals surface area contributed by atoms with Crippen LogP contribution in [0.4, 0.5) is 5.82 Å². The number of benzene rings is 1. The summed E-state index contributed by atoms with van der Waals surface area (Å²) < 4.78 is 6.38. The summed E-state index contributed by atoms with van der Waals surface area (Å²) in [6.45, 7) is 0. The number of pyridine rings is 1. The molecular weight excluding hydrogens is 354 g/mol. The van der Waals surface area contributed by atoms with Gasteiger partial charge in [0.1, 0.15) is 0 Å². The van der Waals surface area contributed by atoms with E-state index >= 15 is 0 Å². The molecule has 4 rings (SSSR count). The van der Waals surface area contributed by atoms with Crippen molar-refractivity contribution in [1.82, 2.24) is 4.98 Å². The molecule has 0 saturated heterocycles. The van der Waals surface area contributed by atoms with Crippen LogP contribution >= 0.6 is 11.6 Å². The van der Waals surface area contributed by atoms with E-state index in [1.165, 1.54) is 17.3 Å². The van der Waals surface area contributed by atoms with Crippen LogP contribution in [-0.2, 0) is 11.2 Å². The third kappa shape index (κ3) is 3.46. The highest BCUT2D eigenvalue weighted by Gasteiger charge is 2.30. The number of fused-ring (bicyclic) bond motifs is 1. The second-order valence-electron chi connectivity index (χ2n) is 6.51. The summed E-state index contributed by atoms with van der Waals surface area (Å²) in [4.78, 5) is 4.30. The first-order valence-electron chi connectivity index (χ1n) is 8.69. The second kappa shape index (κ2) is 7.32. The molecule has 136 valence electrons. The van der Waals surface area contributed by atoms with Crippen LogP contribution < -0.4 is 5.01 Å². The van der Waals surface area contributed by atoms with Crippen molar-refractivity contribution in [1.29, 1.82) is 0 Å². The predicted molar refractivity (Wildman–Crippen MR) is 99.0 cm³/mol. The number of anilines is 1. The summed E-state index contributed by atoms with van der Waals surface area (Å²) >= 11 is 6.12. The number of hydrogen-bond donors (Lipinski definition) is 2. The van der Waals surface area contributed by atoms with Gasteiger partial charge in [-0.05, 0) is 54.7 Å². The average molecular weight is 374 g/mol. The zero-order valence-electron chi connectivity index (χ0n) is 14.1. The van der Waals surface area contributed by atoms with Crippen molar-refractivity contribution < 1.29 is 14.9 Å². The molecule has 26 heavy (non-hydrogen) atoms. The van der Waals surface area contributed by atoms with Crippen molar-refractivity contribution in [3.8, 4) is 0 Å². The van der Waals surface area contributed by atoms with Crippen molar-refractivity contribution in [2.45, 2.75) is 44.3 Å². The van der Waals surface area contributed by atoms with E-state index in [0.29, 0.717) is 17.8 Å². The Morgan fingerprint density at radius 1 is 1.23 bits per heavy atom. The highest BCUT2D eigenvalue weighted by molar-refractivity contribution is 6.30. The Morgan fingerprint density at radius 3 is 2.96 bits per heavy atom. The van der Waals surface area contributed by atoms with Gasteiger partial charge in [-0.25, -0.2) is 9.99 Å². The predicted octanol–water partition coefficient (Wildman–Crippen LogP) is 3.33. The maximum Gasteiger partial charge on any atom is 0.178 e. The van der Waals surface area contributed by atoms with E-state index in [9.17, 15) is 10.2 Å². The molecule has 0 fully saturated rings. The van der Waals surface area contributed by atoms with E-state index in [-0.39, 0.29) is 12.3 Å². The Hall–Kier alpha value is -1.99. The first-order chi connectivity index (χ1) is 12.6. The van der Waals surface area contributed by atoms with Crippen LogP contribution in [0.3, 0.4) is 0 Å². The molecule has 1 aromatic heterocycles. The van der Waals surface area contributed by atoms with Gasteiger partial charge in [-0.1, -0.05) is 17.7 Å². The van der Waals surface area contributed by atoms with Crippen LogP contribution in [0.2, 0.25) is 5.02 Å². The molecule has 0 amide bonds. The number of ether oxygens (including phenoxy) is 1. The van der Waals surface area contributed by atoms with Crippen molar-refractivity contribution in [3.05, 3.63) is 58.2 Å². The highest BCUT2D eigenvalue weighted by atomic mass is 35.5. The number of rotatable bonds is 4. The van der Waals surface area contributed by atoms with Crippen LogP contribution in [-0.4, -0.2) is 27.6 Å². The number of aliphatic hydroxyl groups is 2. The van der Waals surface area contributed by atoms with Gasteiger partial charge in [0, 0.05) is 29.4 Å². The normalized spacial score (nSPS) is 22.1. The molecule has 2 heterocycles. The van der Waals surface area contributed by atoms with Gasteiger partial charge < -0.3 is 14.9 Å². The van der Waals surface area contributed by atoms with Crippen LogP contribution in [0, 0.1) is 0 Å². The Balaban J connectivity index is 1.55. The van der Waals surface area contributed by atoms with E-state index in [4.69, 9.17) is 16.3 Å². The maximum atomic E-state index is 9.38. The summed E-state index contributed by atoms with van der Waals surface area (Å²) in [6.07, 6.45) is 5.14. The fraction of sp³-hybridized carbons (Fsp3) is 0.368. The number of nitrogens with zero attached hydrogens (tertiary/aromatic N) is 3. The molecule has 2 N–H and O–H groups in total. The third-order valence-corrected chi connectivity index (χ3v) is 5.01. The lowest BCUT2D eigenvalue weighted by molar-refractivity contribution is -0.0426. The van der Waals surface area contributed by atoms with Crippen molar-refractivity contribution >= 4 is 23.6 Å². The summed E-state index contributed by atoms with van der Waals surface area (Å²) in [6, 6.07) is 9.13. The van der Waals surface area contributed by atoms with Gasteiger partial charge in [-0.3, -0.25) is 0 Å². The van der Waals surface area contributed by atoms with E-state index in [1.807, 2.05) is 18.2 Å².